The molecule has 2 rings (SSSR count). The summed E-state index contributed by atoms with van der Waals surface area (Å²) in [7, 11) is 0. The molecule has 0 heterocycles. The van der Waals surface area contributed by atoms with Gasteiger partial charge in [0.05, 0.1) is 0 Å². The molecule has 0 aliphatic carbocycles. The van der Waals surface area contributed by atoms with Crippen molar-refractivity contribution in [1.82, 2.24) is 5.32 Å². The van der Waals surface area contributed by atoms with E-state index in [0.29, 0.717) is 6.04 Å². The van der Waals surface area contributed by atoms with Crippen LogP contribution in [0.4, 0.5) is 0 Å². The molecule has 0 bridgehead atoms. The Morgan fingerprint density at radius 3 is 2.24 bits per heavy atom. The summed E-state index contributed by atoms with van der Waals surface area (Å²) in [4.78, 5) is 0. The third-order valence-corrected chi connectivity index (χ3v) is 5.72. The highest BCUT2D eigenvalue weighted by Crippen LogP contribution is 2.29. The summed E-state index contributed by atoms with van der Waals surface area (Å²) < 4.78 is 2.39. The van der Waals surface area contributed by atoms with Crippen molar-refractivity contribution in [3.05, 3.63) is 67.6 Å². The zero-order valence-electron chi connectivity index (χ0n) is 12.7. The smallest absolute Gasteiger partial charge is 0.0361 e. The molecule has 0 radical (unpaired) electrons. The summed E-state index contributed by atoms with van der Waals surface area (Å²) >= 11 is 7.31. The van der Waals surface area contributed by atoms with Crippen LogP contribution in [0.25, 0.3) is 0 Å². The first kappa shape index (κ1) is 16.7. The fourth-order valence-corrected chi connectivity index (χ4v) is 3.29. The summed E-state index contributed by atoms with van der Waals surface area (Å²) in [6.07, 6.45) is 0.982. The number of likely N-dealkylation sites (N-methyl/N-ethyl adjacent to an activating group) is 1. The minimum absolute atomic E-state index is 0.333. The summed E-state index contributed by atoms with van der Waals surface area (Å²) in [5, 5.41) is 3.61. The molecule has 112 valence electrons. The lowest BCUT2D eigenvalue weighted by atomic mass is 9.96. The van der Waals surface area contributed by atoms with Gasteiger partial charge in [-0.3, -0.25) is 0 Å². The monoisotopic (exact) mass is 409 g/mol. The number of hydrogen-bond acceptors (Lipinski definition) is 1. The topological polar surface area (TPSA) is 12.0 Å². The van der Waals surface area contributed by atoms with Crippen LogP contribution in [0.2, 0.25) is 0 Å². The molecule has 1 atom stereocenters. The Hall–Kier alpha value is -0.640. The molecule has 1 nitrogen and oxygen atoms in total. The van der Waals surface area contributed by atoms with E-state index >= 15 is 0 Å². The van der Waals surface area contributed by atoms with Crippen molar-refractivity contribution in [3.63, 3.8) is 0 Å². The van der Waals surface area contributed by atoms with Gasteiger partial charge in [-0.2, -0.15) is 0 Å². The van der Waals surface area contributed by atoms with Gasteiger partial charge in [-0.1, -0.05) is 69.1 Å². The van der Waals surface area contributed by atoms with E-state index in [1.807, 2.05) is 0 Å². The first-order valence-electron chi connectivity index (χ1n) is 7.26. The largest absolute Gasteiger partial charge is 0.310 e. The van der Waals surface area contributed by atoms with Crippen LogP contribution in [0, 0.1) is 13.8 Å². The Bertz CT molecular complexity index is 599. The summed E-state index contributed by atoms with van der Waals surface area (Å²) in [5.74, 6) is 0. The fourth-order valence-electron chi connectivity index (χ4n) is 2.62. The van der Waals surface area contributed by atoms with Gasteiger partial charge in [-0.05, 0) is 55.1 Å². The van der Waals surface area contributed by atoms with E-state index in [-0.39, 0.29) is 0 Å². The van der Waals surface area contributed by atoms with Gasteiger partial charge in [0.15, 0.2) is 0 Å². The van der Waals surface area contributed by atoms with Crippen molar-refractivity contribution in [3.8, 4) is 0 Å². The zero-order valence-corrected chi connectivity index (χ0v) is 15.9. The first-order chi connectivity index (χ1) is 10.0. The maximum absolute atomic E-state index is 3.65. The number of hydrogen-bond donors (Lipinski definition) is 1. The molecule has 0 spiro atoms. The molecule has 0 fully saturated rings. The standard InChI is InChI=1S/C18H21Br2N/c1-4-21-17(11-14-7-5-6-8-16(14)19)15-9-12(2)18(20)13(3)10-15/h5-10,17,21H,4,11H2,1-3H3. The van der Waals surface area contributed by atoms with Gasteiger partial charge < -0.3 is 5.32 Å². The number of nitrogens with one attached hydrogen (secondary N) is 1. The van der Waals surface area contributed by atoms with E-state index in [1.165, 1.54) is 31.2 Å². The van der Waals surface area contributed by atoms with Gasteiger partial charge in [0.1, 0.15) is 0 Å². The summed E-state index contributed by atoms with van der Waals surface area (Å²) in [6.45, 7) is 7.43. The highest BCUT2D eigenvalue weighted by molar-refractivity contribution is 9.10. The van der Waals surface area contributed by atoms with Crippen molar-refractivity contribution >= 4 is 31.9 Å². The molecule has 0 saturated carbocycles. The maximum Gasteiger partial charge on any atom is 0.0361 e. The molecule has 0 amide bonds. The molecule has 21 heavy (non-hydrogen) atoms. The zero-order chi connectivity index (χ0) is 15.4. The van der Waals surface area contributed by atoms with Gasteiger partial charge in [-0.25, -0.2) is 0 Å². The van der Waals surface area contributed by atoms with Crippen LogP contribution in [0.15, 0.2) is 45.3 Å². The molecule has 1 N–H and O–H groups in total. The van der Waals surface area contributed by atoms with Crippen molar-refractivity contribution in [2.24, 2.45) is 0 Å². The lowest BCUT2D eigenvalue weighted by molar-refractivity contribution is 0.548. The van der Waals surface area contributed by atoms with Crippen molar-refractivity contribution in [2.75, 3.05) is 6.54 Å². The average molecular weight is 411 g/mol. The summed E-state index contributed by atoms with van der Waals surface area (Å²) in [6, 6.07) is 13.3. The van der Waals surface area contributed by atoms with Crippen LogP contribution in [0.3, 0.4) is 0 Å². The Morgan fingerprint density at radius 2 is 1.67 bits per heavy atom. The third-order valence-electron chi connectivity index (χ3n) is 3.69. The van der Waals surface area contributed by atoms with E-state index < -0.39 is 0 Å². The highest BCUT2D eigenvalue weighted by atomic mass is 79.9. The second-order valence-electron chi connectivity index (χ2n) is 5.37. The first-order valence-corrected chi connectivity index (χ1v) is 8.85. The molecule has 3 heteroatoms. The van der Waals surface area contributed by atoms with Gasteiger partial charge in [0, 0.05) is 15.0 Å². The number of halogens is 2. The van der Waals surface area contributed by atoms with Crippen molar-refractivity contribution < 1.29 is 0 Å². The normalized spacial score (nSPS) is 12.4. The fraction of sp³-hybridized carbons (Fsp3) is 0.333. The van der Waals surface area contributed by atoms with E-state index in [1.54, 1.807) is 0 Å². The molecule has 2 aromatic rings. The number of aryl methyl sites for hydroxylation is 2. The Kier molecular flexibility index (Phi) is 6.03. The van der Waals surface area contributed by atoms with Crippen LogP contribution in [-0.4, -0.2) is 6.54 Å². The molecule has 0 aliphatic rings. The maximum atomic E-state index is 3.65. The highest BCUT2D eigenvalue weighted by Gasteiger charge is 2.14. The van der Waals surface area contributed by atoms with Gasteiger partial charge >= 0.3 is 0 Å². The third kappa shape index (κ3) is 4.18. The lowest BCUT2D eigenvalue weighted by Crippen LogP contribution is -2.23. The lowest BCUT2D eigenvalue weighted by Gasteiger charge is -2.21. The van der Waals surface area contributed by atoms with Gasteiger partial charge in [-0.15, -0.1) is 0 Å². The SMILES string of the molecule is CCNC(Cc1ccccc1Br)c1cc(C)c(Br)c(C)c1. The van der Waals surface area contributed by atoms with Crippen LogP contribution in [-0.2, 0) is 6.42 Å². The van der Waals surface area contributed by atoms with Crippen molar-refractivity contribution in [1.29, 1.82) is 0 Å². The Balaban J connectivity index is 2.33. The molecular formula is C18H21Br2N. The molecule has 0 aromatic heterocycles. The second kappa shape index (κ2) is 7.57. The second-order valence-corrected chi connectivity index (χ2v) is 7.02. The molecular weight excluding hydrogens is 390 g/mol. The summed E-state index contributed by atoms with van der Waals surface area (Å²) in [5.41, 5.74) is 5.27. The quantitative estimate of drug-likeness (QED) is 0.664. The van der Waals surface area contributed by atoms with E-state index in [0.717, 1.165) is 13.0 Å². The molecule has 1 unspecified atom stereocenters. The molecule has 0 saturated heterocycles. The van der Waals surface area contributed by atoms with Crippen LogP contribution >= 0.6 is 31.9 Å². The minimum atomic E-state index is 0.333. The number of benzene rings is 2. The minimum Gasteiger partial charge on any atom is -0.310 e. The number of rotatable bonds is 5. The predicted molar refractivity (Wildman–Crippen MR) is 97.9 cm³/mol. The Morgan fingerprint density at radius 1 is 1.05 bits per heavy atom. The van der Waals surface area contributed by atoms with Crippen LogP contribution in [0.1, 0.15) is 35.2 Å². The Labute approximate surface area is 144 Å². The van der Waals surface area contributed by atoms with E-state index in [2.05, 4.69) is 94.3 Å². The van der Waals surface area contributed by atoms with Gasteiger partial charge in [0.25, 0.3) is 0 Å². The van der Waals surface area contributed by atoms with Crippen molar-refractivity contribution in [2.45, 2.75) is 33.2 Å². The van der Waals surface area contributed by atoms with Crippen LogP contribution < -0.4 is 5.32 Å². The van der Waals surface area contributed by atoms with E-state index in [9.17, 15) is 0 Å². The predicted octanol–water partition coefficient (Wildman–Crippen LogP) is 5.72. The average Bonchev–Trinajstić information content (AvgIpc) is 2.46. The van der Waals surface area contributed by atoms with E-state index in [4.69, 9.17) is 0 Å². The molecule has 2 aromatic carbocycles. The molecule has 0 aliphatic heterocycles. The van der Waals surface area contributed by atoms with Crippen LogP contribution in [0.5, 0.6) is 0 Å². The van der Waals surface area contributed by atoms with Gasteiger partial charge in [0.2, 0.25) is 0 Å².